The maximum atomic E-state index is 12.7. The number of nitrogens with zero attached hydrogens (tertiary/aromatic N) is 2. The van der Waals surface area contributed by atoms with E-state index in [1.165, 1.54) is 31.3 Å². The summed E-state index contributed by atoms with van der Waals surface area (Å²) in [5, 5.41) is 10.1. The van der Waals surface area contributed by atoms with Gasteiger partial charge in [0.15, 0.2) is 5.11 Å². The summed E-state index contributed by atoms with van der Waals surface area (Å²) in [5.41, 5.74) is 3.07. The highest BCUT2D eigenvalue weighted by Crippen LogP contribution is 2.19. The van der Waals surface area contributed by atoms with Gasteiger partial charge >= 0.3 is 0 Å². The zero-order valence-corrected chi connectivity index (χ0v) is 17.9. The first-order valence-corrected chi connectivity index (χ1v) is 10.8. The van der Waals surface area contributed by atoms with Crippen LogP contribution in [0, 0.1) is 6.92 Å². The molecule has 0 spiro atoms. The van der Waals surface area contributed by atoms with Crippen molar-refractivity contribution in [2.75, 3.05) is 26.2 Å². The lowest BCUT2D eigenvalue weighted by atomic mass is 9.97. The molecule has 1 saturated heterocycles. The van der Waals surface area contributed by atoms with Crippen LogP contribution in [-0.2, 0) is 4.79 Å². The maximum absolute atomic E-state index is 12.7. The Balaban J connectivity index is 1.46. The van der Waals surface area contributed by atoms with E-state index in [-0.39, 0.29) is 18.4 Å². The Hall–Kier alpha value is -2.41. The lowest BCUT2D eigenvalue weighted by molar-refractivity contribution is -0.137. The molecule has 1 aliphatic heterocycles. The normalized spacial score (nSPS) is 16.4. The topological polar surface area (TPSA) is 64.7 Å². The minimum atomic E-state index is -0.241. The van der Waals surface area contributed by atoms with Crippen molar-refractivity contribution in [1.82, 2.24) is 20.7 Å². The van der Waals surface area contributed by atoms with Crippen molar-refractivity contribution in [2.45, 2.75) is 45.4 Å². The van der Waals surface area contributed by atoms with Gasteiger partial charge in [-0.05, 0) is 69.8 Å². The van der Waals surface area contributed by atoms with Crippen LogP contribution in [0.5, 0.6) is 0 Å². The number of allylic oxidation sites excluding steroid dienone is 1. The Labute approximate surface area is 178 Å². The number of hydrazine groups is 1. The van der Waals surface area contributed by atoms with Crippen LogP contribution in [0.2, 0.25) is 0 Å². The van der Waals surface area contributed by atoms with Gasteiger partial charge in [0.25, 0.3) is 11.8 Å². The summed E-state index contributed by atoms with van der Waals surface area (Å²) in [6, 6.07) is 7.32. The van der Waals surface area contributed by atoms with E-state index in [2.05, 4.69) is 16.7 Å². The molecule has 0 aromatic heterocycles. The van der Waals surface area contributed by atoms with Gasteiger partial charge in [-0.2, -0.15) is 0 Å². The van der Waals surface area contributed by atoms with Crippen LogP contribution in [0.4, 0.5) is 0 Å². The van der Waals surface area contributed by atoms with Crippen LogP contribution in [0.3, 0.4) is 0 Å². The smallest absolute Gasteiger partial charge is 0.260 e. The fourth-order valence-electron chi connectivity index (χ4n) is 3.77. The van der Waals surface area contributed by atoms with E-state index >= 15 is 0 Å². The van der Waals surface area contributed by atoms with E-state index in [0.717, 1.165) is 24.9 Å². The minimum absolute atomic E-state index is 0.0429. The van der Waals surface area contributed by atoms with Gasteiger partial charge < -0.3 is 10.6 Å². The molecule has 6 nitrogen and oxygen atoms in total. The van der Waals surface area contributed by atoms with Gasteiger partial charge in [0.05, 0.1) is 6.54 Å². The molecule has 2 N–H and O–H groups in total. The van der Waals surface area contributed by atoms with Crippen LogP contribution >= 0.6 is 12.2 Å². The number of aryl methyl sites for hydroxylation is 1. The van der Waals surface area contributed by atoms with Crippen LogP contribution in [0.15, 0.2) is 35.9 Å². The number of hydrogen-bond donors (Lipinski definition) is 2. The van der Waals surface area contributed by atoms with Gasteiger partial charge in [0.1, 0.15) is 0 Å². The third kappa shape index (κ3) is 6.03. The Morgan fingerprint density at radius 3 is 2.69 bits per heavy atom. The summed E-state index contributed by atoms with van der Waals surface area (Å²) in [5.74, 6) is -0.392. The van der Waals surface area contributed by atoms with E-state index in [9.17, 15) is 9.59 Å². The number of nitrogens with one attached hydrogen (secondary N) is 2. The highest BCUT2D eigenvalue weighted by atomic mass is 32.1. The molecule has 1 aromatic carbocycles. The zero-order valence-electron chi connectivity index (χ0n) is 17.1. The molecule has 0 radical (unpaired) electrons. The lowest BCUT2D eigenvalue weighted by Gasteiger charge is -2.30. The fraction of sp³-hybridized carbons (Fsp3) is 0.500. The zero-order chi connectivity index (χ0) is 20.6. The van der Waals surface area contributed by atoms with Crippen molar-refractivity contribution >= 4 is 29.1 Å². The van der Waals surface area contributed by atoms with Crippen molar-refractivity contribution in [3.05, 3.63) is 47.0 Å². The van der Waals surface area contributed by atoms with Crippen molar-refractivity contribution in [3.8, 4) is 0 Å². The lowest BCUT2D eigenvalue weighted by Crippen LogP contribution is -2.51. The Morgan fingerprint density at radius 1 is 1.10 bits per heavy atom. The second-order valence-corrected chi connectivity index (χ2v) is 8.02. The van der Waals surface area contributed by atoms with Gasteiger partial charge in [-0.25, -0.2) is 0 Å². The van der Waals surface area contributed by atoms with Crippen LogP contribution in [0.1, 0.15) is 54.4 Å². The summed E-state index contributed by atoms with van der Waals surface area (Å²) < 4.78 is 0. The number of benzene rings is 1. The highest BCUT2D eigenvalue weighted by molar-refractivity contribution is 7.80. The third-order valence-electron chi connectivity index (χ3n) is 5.34. The average molecular weight is 415 g/mol. The molecule has 0 unspecified atom stereocenters. The monoisotopic (exact) mass is 414 g/mol. The van der Waals surface area contributed by atoms with Crippen LogP contribution in [-0.4, -0.2) is 53.1 Å². The van der Waals surface area contributed by atoms with Gasteiger partial charge in [0, 0.05) is 25.2 Å². The van der Waals surface area contributed by atoms with E-state index in [1.54, 1.807) is 11.1 Å². The van der Waals surface area contributed by atoms with Crippen molar-refractivity contribution in [1.29, 1.82) is 0 Å². The molecule has 1 heterocycles. The first-order chi connectivity index (χ1) is 14.0. The average Bonchev–Trinajstić information content (AvgIpc) is 3.22. The Bertz CT molecular complexity index is 793. The van der Waals surface area contributed by atoms with E-state index in [4.69, 9.17) is 12.2 Å². The summed E-state index contributed by atoms with van der Waals surface area (Å²) in [6.07, 6.45) is 9.14. The predicted molar refractivity (Wildman–Crippen MR) is 118 cm³/mol. The number of hydrogen-bond acceptors (Lipinski definition) is 3. The van der Waals surface area contributed by atoms with Gasteiger partial charge in [-0.15, -0.1) is 0 Å². The van der Waals surface area contributed by atoms with E-state index in [0.29, 0.717) is 23.8 Å². The fourth-order valence-corrected chi connectivity index (χ4v) is 4.06. The molecule has 1 aromatic rings. The molecular weight excluding hydrogens is 384 g/mol. The summed E-state index contributed by atoms with van der Waals surface area (Å²) in [6.45, 7) is 4.01. The van der Waals surface area contributed by atoms with Crippen molar-refractivity contribution in [3.63, 3.8) is 0 Å². The molecule has 2 aliphatic rings. The predicted octanol–water partition coefficient (Wildman–Crippen LogP) is 2.94. The summed E-state index contributed by atoms with van der Waals surface area (Å²) in [4.78, 5) is 24.9. The van der Waals surface area contributed by atoms with Gasteiger partial charge in [0.2, 0.25) is 0 Å². The molecule has 0 bridgehead atoms. The Morgan fingerprint density at radius 2 is 1.93 bits per heavy atom. The molecule has 2 amide bonds. The highest BCUT2D eigenvalue weighted by Gasteiger charge is 2.28. The van der Waals surface area contributed by atoms with Gasteiger partial charge in [-0.1, -0.05) is 29.3 Å². The molecule has 0 atom stereocenters. The molecular formula is C22H30N4O2S. The molecule has 1 fully saturated rings. The quantitative estimate of drug-likeness (QED) is 0.554. The number of thiocarbonyl (C=S) groups is 1. The molecule has 3 rings (SSSR count). The maximum Gasteiger partial charge on any atom is 0.260 e. The van der Waals surface area contributed by atoms with Crippen LogP contribution < -0.4 is 10.6 Å². The number of amides is 2. The second kappa shape index (κ2) is 10.4. The first kappa shape index (κ1) is 21.3. The molecule has 29 heavy (non-hydrogen) atoms. The first-order valence-electron chi connectivity index (χ1n) is 10.4. The SMILES string of the molecule is Cc1cccc(C(=O)NCC(=O)N2CCCN2C(=S)NCCC2=CCCCC2)c1. The Kier molecular flexibility index (Phi) is 7.63. The van der Waals surface area contributed by atoms with Crippen molar-refractivity contribution in [2.24, 2.45) is 0 Å². The summed E-state index contributed by atoms with van der Waals surface area (Å²) in [7, 11) is 0. The largest absolute Gasteiger partial charge is 0.361 e. The van der Waals surface area contributed by atoms with Crippen LogP contribution in [0.25, 0.3) is 0 Å². The van der Waals surface area contributed by atoms with E-state index < -0.39 is 0 Å². The molecule has 0 saturated carbocycles. The summed E-state index contributed by atoms with van der Waals surface area (Å²) >= 11 is 5.52. The molecule has 156 valence electrons. The van der Waals surface area contributed by atoms with Gasteiger partial charge in [-0.3, -0.25) is 19.6 Å². The third-order valence-corrected chi connectivity index (χ3v) is 5.70. The number of carbonyl (C=O) groups excluding carboxylic acids is 2. The number of carbonyl (C=O) groups is 2. The standard InChI is InChI=1S/C22H30N4O2S/c1-17-7-5-10-19(15-17)21(28)24-16-20(27)25-13-6-14-26(25)22(29)23-12-11-18-8-3-2-4-9-18/h5,7-8,10,15H,2-4,6,9,11-14,16H2,1H3,(H,23,29)(H,24,28). The van der Waals surface area contributed by atoms with E-state index in [1.807, 2.05) is 30.1 Å². The number of rotatable bonds is 6. The minimum Gasteiger partial charge on any atom is -0.361 e. The molecule has 7 heteroatoms. The second-order valence-electron chi connectivity index (χ2n) is 7.64. The van der Waals surface area contributed by atoms with Crippen molar-refractivity contribution < 1.29 is 9.59 Å². The molecule has 1 aliphatic carbocycles.